The largest absolute Gasteiger partial charge is 0.495 e. The lowest BCUT2D eigenvalue weighted by Crippen LogP contribution is -2.48. The molecule has 2 aromatic heterocycles. The van der Waals surface area contributed by atoms with Crippen molar-refractivity contribution in [1.82, 2.24) is 19.4 Å². The van der Waals surface area contributed by atoms with Gasteiger partial charge in [-0.3, -0.25) is 9.36 Å². The number of aromatic nitrogens is 3. The van der Waals surface area contributed by atoms with Crippen molar-refractivity contribution in [1.29, 1.82) is 0 Å². The zero-order valence-electron chi connectivity index (χ0n) is 22.1. The molecular weight excluding hydrogens is 522 g/mol. The molecule has 6 rings (SSSR count). The SMILES string of the molecule is COc1ccccc1-n1cc(-c2ccccc2)c2c(N3CCN(C(=O)/C=C/c4ccc(Cl)cc4)CC3)ncnc21. The van der Waals surface area contributed by atoms with Crippen molar-refractivity contribution < 1.29 is 9.53 Å². The minimum absolute atomic E-state index is 0.00488. The molecule has 0 radical (unpaired) electrons. The molecule has 1 saturated heterocycles. The van der Waals surface area contributed by atoms with Crippen LogP contribution in [-0.2, 0) is 4.79 Å². The summed E-state index contributed by atoms with van der Waals surface area (Å²) in [6, 6.07) is 25.6. The summed E-state index contributed by atoms with van der Waals surface area (Å²) in [4.78, 5) is 26.5. The summed E-state index contributed by atoms with van der Waals surface area (Å²) in [6.07, 6.45) is 7.18. The maximum absolute atomic E-state index is 12.9. The number of piperazine rings is 1. The van der Waals surface area contributed by atoms with Gasteiger partial charge < -0.3 is 14.5 Å². The van der Waals surface area contributed by atoms with Gasteiger partial charge in [0.15, 0.2) is 5.65 Å². The first-order valence-corrected chi connectivity index (χ1v) is 13.5. The van der Waals surface area contributed by atoms with Gasteiger partial charge in [-0.05, 0) is 41.5 Å². The molecule has 0 aliphatic carbocycles. The second-order valence-electron chi connectivity index (χ2n) is 9.54. The van der Waals surface area contributed by atoms with E-state index >= 15 is 0 Å². The van der Waals surface area contributed by atoms with Gasteiger partial charge in [-0.15, -0.1) is 0 Å². The number of hydrogen-bond donors (Lipinski definition) is 0. The summed E-state index contributed by atoms with van der Waals surface area (Å²) in [6.45, 7) is 2.54. The molecule has 1 fully saturated rings. The Morgan fingerprint density at radius 3 is 2.38 bits per heavy atom. The van der Waals surface area contributed by atoms with E-state index in [0.29, 0.717) is 31.2 Å². The minimum Gasteiger partial charge on any atom is -0.495 e. The fourth-order valence-electron chi connectivity index (χ4n) is 5.12. The van der Waals surface area contributed by atoms with Crippen molar-refractivity contribution in [3.8, 4) is 22.6 Å². The molecule has 200 valence electrons. The number of halogens is 1. The molecule has 1 amide bonds. The lowest BCUT2D eigenvalue weighted by atomic mass is 10.1. The van der Waals surface area contributed by atoms with Crippen LogP contribution in [0.1, 0.15) is 5.56 Å². The van der Waals surface area contributed by atoms with E-state index in [0.717, 1.165) is 45.0 Å². The minimum atomic E-state index is -0.00488. The predicted molar refractivity (Wildman–Crippen MR) is 160 cm³/mol. The molecule has 0 N–H and O–H groups in total. The zero-order valence-corrected chi connectivity index (χ0v) is 22.8. The van der Waals surface area contributed by atoms with Crippen molar-refractivity contribution in [3.63, 3.8) is 0 Å². The van der Waals surface area contributed by atoms with E-state index in [1.807, 2.05) is 77.7 Å². The highest BCUT2D eigenvalue weighted by molar-refractivity contribution is 6.30. The van der Waals surface area contributed by atoms with E-state index in [2.05, 4.69) is 27.8 Å². The Morgan fingerprint density at radius 1 is 0.900 bits per heavy atom. The Balaban J connectivity index is 1.31. The first-order valence-electron chi connectivity index (χ1n) is 13.1. The number of benzene rings is 3. The number of methoxy groups -OCH3 is 1. The van der Waals surface area contributed by atoms with Gasteiger partial charge in [0, 0.05) is 49.0 Å². The topological polar surface area (TPSA) is 63.5 Å². The maximum atomic E-state index is 12.9. The van der Waals surface area contributed by atoms with E-state index in [-0.39, 0.29) is 5.91 Å². The van der Waals surface area contributed by atoms with Crippen molar-refractivity contribution in [2.75, 3.05) is 38.2 Å². The van der Waals surface area contributed by atoms with Crippen LogP contribution in [0, 0.1) is 0 Å². The highest BCUT2D eigenvalue weighted by atomic mass is 35.5. The molecule has 1 aliphatic heterocycles. The number of carbonyl (C=O) groups excluding carboxylic acids is 1. The van der Waals surface area contributed by atoms with Gasteiger partial charge in [-0.2, -0.15) is 0 Å². The van der Waals surface area contributed by atoms with Gasteiger partial charge in [0.2, 0.25) is 5.91 Å². The Kier molecular flexibility index (Phi) is 7.21. The average Bonchev–Trinajstić information content (AvgIpc) is 3.41. The molecule has 7 nitrogen and oxygen atoms in total. The molecule has 40 heavy (non-hydrogen) atoms. The van der Waals surface area contributed by atoms with Crippen LogP contribution >= 0.6 is 11.6 Å². The van der Waals surface area contributed by atoms with Crippen molar-refractivity contribution >= 4 is 40.4 Å². The fourth-order valence-corrected chi connectivity index (χ4v) is 5.25. The number of hydrogen-bond acceptors (Lipinski definition) is 5. The molecule has 0 bridgehead atoms. The van der Waals surface area contributed by atoms with Crippen LogP contribution in [-0.4, -0.2) is 58.6 Å². The van der Waals surface area contributed by atoms with Crippen LogP contribution in [0.3, 0.4) is 0 Å². The van der Waals surface area contributed by atoms with Crippen LogP contribution in [0.25, 0.3) is 33.9 Å². The quantitative estimate of drug-likeness (QED) is 0.239. The second-order valence-corrected chi connectivity index (χ2v) is 9.98. The summed E-state index contributed by atoms with van der Waals surface area (Å²) < 4.78 is 7.75. The molecule has 0 spiro atoms. The van der Waals surface area contributed by atoms with E-state index in [4.69, 9.17) is 26.3 Å². The molecule has 0 saturated carbocycles. The average molecular weight is 550 g/mol. The summed E-state index contributed by atoms with van der Waals surface area (Å²) in [5.74, 6) is 1.62. The highest BCUT2D eigenvalue weighted by Gasteiger charge is 2.25. The number of para-hydroxylation sites is 2. The van der Waals surface area contributed by atoms with E-state index in [9.17, 15) is 4.79 Å². The molecule has 0 unspecified atom stereocenters. The van der Waals surface area contributed by atoms with Gasteiger partial charge in [0.1, 0.15) is 17.9 Å². The van der Waals surface area contributed by atoms with Gasteiger partial charge in [0.05, 0.1) is 18.2 Å². The van der Waals surface area contributed by atoms with Crippen molar-refractivity contribution in [2.45, 2.75) is 0 Å². The molecule has 8 heteroatoms. The van der Waals surface area contributed by atoms with Crippen LogP contribution in [0.2, 0.25) is 5.02 Å². The Labute approximate surface area is 237 Å². The van der Waals surface area contributed by atoms with E-state index in [1.54, 1.807) is 19.5 Å². The van der Waals surface area contributed by atoms with Crippen LogP contribution in [0.4, 0.5) is 5.82 Å². The Hall–Kier alpha value is -4.62. The Bertz CT molecular complexity index is 1670. The second kappa shape index (κ2) is 11.2. The molecule has 5 aromatic rings. The maximum Gasteiger partial charge on any atom is 0.246 e. The number of anilines is 1. The normalized spacial score (nSPS) is 13.8. The first-order chi connectivity index (χ1) is 19.6. The number of carbonyl (C=O) groups is 1. The summed E-state index contributed by atoms with van der Waals surface area (Å²) in [5.41, 5.74) is 4.77. The fraction of sp³-hybridized carbons (Fsp3) is 0.156. The number of fused-ring (bicyclic) bond motifs is 1. The van der Waals surface area contributed by atoms with E-state index < -0.39 is 0 Å². The molecule has 3 heterocycles. The monoisotopic (exact) mass is 549 g/mol. The third-order valence-corrected chi connectivity index (χ3v) is 7.42. The van der Waals surface area contributed by atoms with Crippen molar-refractivity contribution in [3.05, 3.63) is 108 Å². The van der Waals surface area contributed by atoms with Gasteiger partial charge in [-0.25, -0.2) is 9.97 Å². The summed E-state index contributed by atoms with van der Waals surface area (Å²) in [5, 5.41) is 1.65. The molecule has 0 atom stereocenters. The van der Waals surface area contributed by atoms with Gasteiger partial charge in [-0.1, -0.05) is 66.2 Å². The van der Waals surface area contributed by atoms with Crippen LogP contribution in [0.15, 0.2) is 97.5 Å². The van der Waals surface area contributed by atoms with Gasteiger partial charge >= 0.3 is 0 Å². The lowest BCUT2D eigenvalue weighted by Gasteiger charge is -2.35. The lowest BCUT2D eigenvalue weighted by molar-refractivity contribution is -0.126. The smallest absolute Gasteiger partial charge is 0.246 e. The summed E-state index contributed by atoms with van der Waals surface area (Å²) in [7, 11) is 1.68. The molecular formula is C32H28ClN5O2. The third-order valence-electron chi connectivity index (χ3n) is 7.17. The first kappa shape index (κ1) is 25.6. The zero-order chi connectivity index (χ0) is 27.5. The number of amides is 1. The van der Waals surface area contributed by atoms with Crippen LogP contribution < -0.4 is 9.64 Å². The molecule has 1 aliphatic rings. The van der Waals surface area contributed by atoms with Gasteiger partial charge in [0.25, 0.3) is 0 Å². The number of rotatable bonds is 6. The highest BCUT2D eigenvalue weighted by Crippen LogP contribution is 2.38. The number of nitrogens with zero attached hydrogens (tertiary/aromatic N) is 5. The summed E-state index contributed by atoms with van der Waals surface area (Å²) >= 11 is 5.97. The number of ether oxygens (including phenoxy) is 1. The van der Waals surface area contributed by atoms with E-state index in [1.165, 1.54) is 0 Å². The third kappa shape index (κ3) is 5.03. The van der Waals surface area contributed by atoms with Crippen molar-refractivity contribution in [2.24, 2.45) is 0 Å². The molecule has 3 aromatic carbocycles. The predicted octanol–water partition coefficient (Wildman–Crippen LogP) is 6.11. The van der Waals surface area contributed by atoms with Crippen LogP contribution in [0.5, 0.6) is 5.75 Å². The standard InChI is InChI=1S/C32H28ClN5O2/c1-40-28-10-6-5-9-27(28)38-21-26(24-7-3-2-4-8-24)30-31(34-22-35-32(30)38)37-19-17-36(18-20-37)29(39)16-13-23-11-14-25(33)15-12-23/h2-16,21-22H,17-20H2,1H3/b16-13+. The Morgan fingerprint density at radius 2 is 1.62 bits per heavy atom.